The lowest BCUT2D eigenvalue weighted by molar-refractivity contribution is 0.588. The van der Waals surface area contributed by atoms with E-state index in [1.54, 1.807) is 31.2 Å². The molecule has 0 spiro atoms. The highest BCUT2D eigenvalue weighted by molar-refractivity contribution is 7.90. The summed E-state index contributed by atoms with van der Waals surface area (Å²) in [6, 6.07) is 10.5. The molecule has 0 amide bonds. The number of imidazole rings is 1. The van der Waals surface area contributed by atoms with Crippen LogP contribution in [0.2, 0.25) is 5.02 Å². The van der Waals surface area contributed by atoms with Gasteiger partial charge >= 0.3 is 0 Å². The quantitative estimate of drug-likeness (QED) is 0.744. The summed E-state index contributed by atoms with van der Waals surface area (Å²) < 4.78 is 27.7. The van der Waals surface area contributed by atoms with Crippen LogP contribution < -0.4 is 10.2 Å². The molecule has 0 saturated carbocycles. The topological polar surface area (TPSA) is 67.2 Å². The second-order valence-electron chi connectivity index (χ2n) is 6.29. The molecule has 136 valence electrons. The van der Waals surface area contributed by atoms with Gasteiger partial charge in [-0.25, -0.2) is 17.4 Å². The second-order valence-corrected chi connectivity index (χ2v) is 8.48. The molecule has 0 atom stereocenters. The minimum absolute atomic E-state index is 0.192. The average molecular weight is 391 g/mol. The van der Waals surface area contributed by atoms with Crippen molar-refractivity contribution in [1.29, 1.82) is 0 Å². The van der Waals surface area contributed by atoms with Crippen LogP contribution in [0.15, 0.2) is 47.6 Å². The Balaban J connectivity index is 1.86. The molecule has 2 heterocycles. The molecule has 0 bridgehead atoms. The first kappa shape index (κ1) is 17.3. The Kier molecular flexibility index (Phi) is 4.38. The molecule has 1 aromatic heterocycles. The summed E-state index contributed by atoms with van der Waals surface area (Å²) in [5, 5.41) is 3.75. The van der Waals surface area contributed by atoms with Crippen molar-refractivity contribution < 1.29 is 8.42 Å². The van der Waals surface area contributed by atoms with E-state index < -0.39 is 10.0 Å². The second kappa shape index (κ2) is 6.57. The van der Waals surface area contributed by atoms with Gasteiger partial charge in [0.1, 0.15) is 11.8 Å². The number of para-hydroxylation sites is 1. The molecule has 1 aliphatic heterocycles. The Labute approximate surface area is 157 Å². The fraction of sp³-hybridized carbons (Fsp3) is 0.278. The zero-order valence-electron chi connectivity index (χ0n) is 14.3. The number of halogens is 1. The van der Waals surface area contributed by atoms with E-state index in [2.05, 4.69) is 15.2 Å². The van der Waals surface area contributed by atoms with Crippen molar-refractivity contribution in [2.75, 3.05) is 31.1 Å². The molecular formula is C18H19ClN4O2S. The Bertz CT molecular complexity index is 1070. The van der Waals surface area contributed by atoms with Gasteiger partial charge in [0.2, 0.25) is 0 Å². The van der Waals surface area contributed by atoms with Crippen molar-refractivity contribution in [3.8, 4) is 0 Å². The van der Waals surface area contributed by atoms with Crippen molar-refractivity contribution in [2.24, 2.45) is 0 Å². The highest BCUT2D eigenvalue weighted by Crippen LogP contribution is 2.30. The molecule has 1 fully saturated rings. The Morgan fingerprint density at radius 1 is 1.12 bits per heavy atom. The first-order valence-electron chi connectivity index (χ1n) is 8.42. The maximum Gasteiger partial charge on any atom is 0.269 e. The van der Waals surface area contributed by atoms with Crippen LogP contribution in [0, 0.1) is 6.92 Å². The van der Waals surface area contributed by atoms with Crippen LogP contribution in [-0.4, -0.2) is 43.6 Å². The molecule has 3 aromatic rings. The minimum Gasteiger partial charge on any atom is -0.367 e. The monoisotopic (exact) mass is 390 g/mol. The lowest BCUT2D eigenvalue weighted by Crippen LogP contribution is -2.43. The molecule has 1 N–H and O–H groups in total. The highest BCUT2D eigenvalue weighted by atomic mass is 35.5. The van der Waals surface area contributed by atoms with E-state index in [1.807, 2.05) is 12.1 Å². The van der Waals surface area contributed by atoms with Crippen LogP contribution in [0.5, 0.6) is 0 Å². The van der Waals surface area contributed by atoms with Gasteiger partial charge in [-0.05, 0) is 36.8 Å². The molecule has 26 heavy (non-hydrogen) atoms. The number of rotatable bonds is 3. The molecule has 4 rings (SSSR count). The SMILES string of the molecule is Cc1c(Cl)cccc1S(=O)(=O)n1cnc2c(N3CCNCC3)cccc21. The lowest BCUT2D eigenvalue weighted by Gasteiger charge is -2.29. The van der Waals surface area contributed by atoms with Crippen molar-refractivity contribution in [2.45, 2.75) is 11.8 Å². The summed E-state index contributed by atoms with van der Waals surface area (Å²) in [4.78, 5) is 6.85. The molecule has 6 nitrogen and oxygen atoms in total. The molecule has 0 aliphatic carbocycles. The summed E-state index contributed by atoms with van der Waals surface area (Å²) in [5.41, 5.74) is 2.76. The van der Waals surface area contributed by atoms with Gasteiger partial charge in [0.05, 0.1) is 16.1 Å². The first-order valence-corrected chi connectivity index (χ1v) is 10.2. The number of hydrogen-bond acceptors (Lipinski definition) is 5. The van der Waals surface area contributed by atoms with Crippen molar-refractivity contribution in [3.05, 3.63) is 53.3 Å². The highest BCUT2D eigenvalue weighted by Gasteiger charge is 2.24. The number of nitrogens with one attached hydrogen (secondary N) is 1. The minimum atomic E-state index is -3.78. The predicted octanol–water partition coefficient (Wildman–Crippen LogP) is 2.64. The third-order valence-corrected chi connectivity index (χ3v) is 6.95. The average Bonchev–Trinajstić information content (AvgIpc) is 3.09. The van der Waals surface area contributed by atoms with Crippen LogP contribution >= 0.6 is 11.6 Å². The van der Waals surface area contributed by atoms with Crippen LogP contribution in [0.25, 0.3) is 11.0 Å². The van der Waals surface area contributed by atoms with Gasteiger partial charge in [0, 0.05) is 31.2 Å². The zero-order chi connectivity index (χ0) is 18.3. The number of nitrogens with zero attached hydrogens (tertiary/aromatic N) is 3. The molecule has 8 heteroatoms. The van der Waals surface area contributed by atoms with E-state index in [-0.39, 0.29) is 4.90 Å². The van der Waals surface area contributed by atoms with Gasteiger partial charge < -0.3 is 10.2 Å². The van der Waals surface area contributed by atoms with E-state index in [1.165, 1.54) is 10.3 Å². The standard InChI is InChI=1S/C18H19ClN4O2S/c1-13-14(19)4-2-7-17(13)26(24,25)23-12-21-18-15(5-3-6-16(18)23)22-10-8-20-9-11-22/h2-7,12,20H,8-11H2,1H3. The smallest absolute Gasteiger partial charge is 0.269 e. The molecule has 0 unspecified atom stereocenters. The van der Waals surface area contributed by atoms with Crippen LogP contribution in [-0.2, 0) is 10.0 Å². The van der Waals surface area contributed by atoms with Gasteiger partial charge in [-0.15, -0.1) is 0 Å². The maximum absolute atomic E-state index is 13.2. The lowest BCUT2D eigenvalue weighted by atomic mass is 10.2. The molecule has 1 aliphatic rings. The molecular weight excluding hydrogens is 372 g/mol. The van der Waals surface area contributed by atoms with E-state index in [4.69, 9.17) is 11.6 Å². The summed E-state index contributed by atoms with van der Waals surface area (Å²) in [5.74, 6) is 0. The summed E-state index contributed by atoms with van der Waals surface area (Å²) in [6.45, 7) is 5.24. The van der Waals surface area contributed by atoms with Crippen LogP contribution in [0.3, 0.4) is 0 Å². The van der Waals surface area contributed by atoms with Gasteiger partial charge in [0.25, 0.3) is 10.0 Å². The fourth-order valence-corrected chi connectivity index (χ4v) is 5.09. The fourth-order valence-electron chi connectivity index (χ4n) is 3.33. The van der Waals surface area contributed by atoms with Crippen LogP contribution in [0.1, 0.15) is 5.56 Å². The number of hydrogen-bond donors (Lipinski definition) is 1. The van der Waals surface area contributed by atoms with Gasteiger partial charge in [-0.1, -0.05) is 23.7 Å². The van der Waals surface area contributed by atoms with Gasteiger partial charge in [-0.3, -0.25) is 0 Å². The largest absolute Gasteiger partial charge is 0.367 e. The van der Waals surface area contributed by atoms with E-state index in [9.17, 15) is 8.42 Å². The zero-order valence-corrected chi connectivity index (χ0v) is 15.9. The van der Waals surface area contributed by atoms with E-state index >= 15 is 0 Å². The number of piperazine rings is 1. The number of anilines is 1. The first-order chi connectivity index (χ1) is 12.5. The van der Waals surface area contributed by atoms with Crippen LogP contribution in [0.4, 0.5) is 5.69 Å². The molecule has 2 aromatic carbocycles. The Morgan fingerprint density at radius 2 is 1.85 bits per heavy atom. The summed E-state index contributed by atoms with van der Waals surface area (Å²) in [7, 11) is -3.78. The predicted molar refractivity (Wildman–Crippen MR) is 104 cm³/mol. The van der Waals surface area contributed by atoms with E-state index in [0.29, 0.717) is 21.6 Å². The van der Waals surface area contributed by atoms with E-state index in [0.717, 1.165) is 31.9 Å². The maximum atomic E-state index is 13.2. The number of fused-ring (bicyclic) bond motifs is 1. The number of aromatic nitrogens is 2. The molecule has 0 radical (unpaired) electrons. The van der Waals surface area contributed by atoms with Gasteiger partial charge in [-0.2, -0.15) is 0 Å². The number of benzene rings is 2. The Morgan fingerprint density at radius 3 is 2.62 bits per heavy atom. The summed E-state index contributed by atoms with van der Waals surface area (Å²) in [6.07, 6.45) is 1.38. The third-order valence-electron chi connectivity index (χ3n) is 4.74. The summed E-state index contributed by atoms with van der Waals surface area (Å²) >= 11 is 6.12. The third kappa shape index (κ3) is 2.76. The Hall–Kier alpha value is -2.09. The normalized spacial score (nSPS) is 15.5. The van der Waals surface area contributed by atoms with Gasteiger partial charge in [0.15, 0.2) is 0 Å². The van der Waals surface area contributed by atoms with Crippen molar-refractivity contribution >= 4 is 38.3 Å². The van der Waals surface area contributed by atoms with Crippen molar-refractivity contribution in [3.63, 3.8) is 0 Å². The molecule has 1 saturated heterocycles. The van der Waals surface area contributed by atoms with Crippen molar-refractivity contribution in [1.82, 2.24) is 14.3 Å².